The van der Waals surface area contributed by atoms with Gasteiger partial charge in [-0.15, -0.1) is 0 Å². The highest BCUT2D eigenvalue weighted by Crippen LogP contribution is 2.35. The Morgan fingerprint density at radius 1 is 0.933 bits per heavy atom. The van der Waals surface area contributed by atoms with Crippen LogP contribution in [0.15, 0.2) is 0 Å². The molecule has 0 bridgehead atoms. The Bertz CT molecular complexity index is 343. The minimum atomic E-state index is -3.13. The van der Waals surface area contributed by atoms with Gasteiger partial charge in [-0.2, -0.15) is 4.31 Å². The van der Waals surface area contributed by atoms with Crippen molar-refractivity contribution in [3.63, 3.8) is 0 Å². The SMILES string of the molecule is O=S(=O)(C1COC1)N(C1CC1)C1COC1. The highest BCUT2D eigenvalue weighted by molar-refractivity contribution is 7.89. The van der Waals surface area contributed by atoms with Crippen LogP contribution in [0.5, 0.6) is 0 Å². The molecule has 5 nitrogen and oxygen atoms in total. The van der Waals surface area contributed by atoms with Crippen LogP contribution >= 0.6 is 0 Å². The fourth-order valence-corrected chi connectivity index (χ4v) is 4.02. The van der Waals surface area contributed by atoms with Crippen LogP contribution in [0.4, 0.5) is 0 Å². The molecule has 0 aromatic carbocycles. The Labute approximate surface area is 89.4 Å². The first kappa shape index (κ1) is 10.0. The minimum Gasteiger partial charge on any atom is -0.378 e. The van der Waals surface area contributed by atoms with E-state index in [1.807, 2.05) is 0 Å². The van der Waals surface area contributed by atoms with E-state index in [9.17, 15) is 8.42 Å². The number of sulfonamides is 1. The van der Waals surface area contributed by atoms with Gasteiger partial charge in [0.25, 0.3) is 0 Å². The molecular formula is C9H15NO4S. The Hall–Kier alpha value is -0.170. The summed E-state index contributed by atoms with van der Waals surface area (Å²) in [7, 11) is -3.13. The van der Waals surface area contributed by atoms with Gasteiger partial charge in [-0.05, 0) is 12.8 Å². The summed E-state index contributed by atoms with van der Waals surface area (Å²) < 4.78 is 36.2. The van der Waals surface area contributed by atoms with E-state index in [-0.39, 0.29) is 17.3 Å². The van der Waals surface area contributed by atoms with Gasteiger partial charge in [0.2, 0.25) is 10.0 Å². The van der Waals surface area contributed by atoms with Crippen LogP contribution in [0.3, 0.4) is 0 Å². The summed E-state index contributed by atoms with van der Waals surface area (Å²) >= 11 is 0. The number of rotatable bonds is 4. The topological polar surface area (TPSA) is 55.8 Å². The molecule has 0 unspecified atom stereocenters. The molecule has 2 saturated heterocycles. The Morgan fingerprint density at radius 2 is 1.53 bits per heavy atom. The standard InChI is InChI=1S/C9H15NO4S/c11-15(12,9-5-14-6-9)10(7-1-2-7)8-3-13-4-8/h7-9H,1-6H2. The van der Waals surface area contributed by atoms with Crippen LogP contribution in [0.1, 0.15) is 12.8 Å². The molecule has 2 heterocycles. The van der Waals surface area contributed by atoms with E-state index in [4.69, 9.17) is 9.47 Å². The molecule has 0 spiro atoms. The van der Waals surface area contributed by atoms with Crippen molar-refractivity contribution < 1.29 is 17.9 Å². The molecular weight excluding hydrogens is 218 g/mol. The van der Waals surface area contributed by atoms with Gasteiger partial charge in [-0.1, -0.05) is 0 Å². The van der Waals surface area contributed by atoms with Gasteiger partial charge in [0.15, 0.2) is 0 Å². The van der Waals surface area contributed by atoms with E-state index in [2.05, 4.69) is 0 Å². The third kappa shape index (κ3) is 1.60. The molecule has 3 aliphatic rings. The quantitative estimate of drug-likeness (QED) is 0.661. The van der Waals surface area contributed by atoms with Crippen LogP contribution in [0.25, 0.3) is 0 Å². The van der Waals surface area contributed by atoms with E-state index in [1.54, 1.807) is 4.31 Å². The maximum absolute atomic E-state index is 12.2. The average molecular weight is 233 g/mol. The third-order valence-corrected chi connectivity index (χ3v) is 5.51. The summed E-state index contributed by atoms with van der Waals surface area (Å²) in [5, 5.41) is -0.307. The van der Waals surface area contributed by atoms with Crippen molar-refractivity contribution in [2.24, 2.45) is 0 Å². The molecule has 0 N–H and O–H groups in total. The molecule has 6 heteroatoms. The normalized spacial score (nSPS) is 28.9. The van der Waals surface area contributed by atoms with Crippen molar-refractivity contribution >= 4 is 10.0 Å². The molecule has 0 aromatic rings. The van der Waals surface area contributed by atoms with Crippen molar-refractivity contribution in [2.45, 2.75) is 30.2 Å². The zero-order valence-electron chi connectivity index (χ0n) is 8.46. The monoisotopic (exact) mass is 233 g/mol. The molecule has 86 valence electrons. The highest BCUT2D eigenvalue weighted by atomic mass is 32.2. The van der Waals surface area contributed by atoms with Gasteiger partial charge in [-0.3, -0.25) is 0 Å². The van der Waals surface area contributed by atoms with Gasteiger partial charge in [0.1, 0.15) is 5.25 Å². The van der Waals surface area contributed by atoms with E-state index >= 15 is 0 Å². The van der Waals surface area contributed by atoms with E-state index in [1.165, 1.54) is 0 Å². The van der Waals surface area contributed by atoms with Crippen molar-refractivity contribution in [3.8, 4) is 0 Å². The van der Waals surface area contributed by atoms with Crippen molar-refractivity contribution in [2.75, 3.05) is 26.4 Å². The maximum Gasteiger partial charge on any atom is 0.222 e. The minimum absolute atomic E-state index is 0.0862. The second-order valence-corrected chi connectivity index (χ2v) is 6.58. The van der Waals surface area contributed by atoms with Crippen molar-refractivity contribution in [1.82, 2.24) is 4.31 Å². The lowest BCUT2D eigenvalue weighted by Gasteiger charge is -2.40. The molecule has 1 saturated carbocycles. The largest absolute Gasteiger partial charge is 0.378 e. The summed E-state index contributed by atoms with van der Waals surface area (Å²) in [4.78, 5) is 0. The molecule has 15 heavy (non-hydrogen) atoms. The van der Waals surface area contributed by atoms with Crippen LogP contribution < -0.4 is 0 Å². The zero-order chi connectivity index (χ0) is 10.5. The lowest BCUT2D eigenvalue weighted by atomic mass is 10.2. The average Bonchev–Trinajstić information content (AvgIpc) is 2.72. The van der Waals surface area contributed by atoms with Gasteiger partial charge in [0, 0.05) is 6.04 Å². The van der Waals surface area contributed by atoms with Gasteiger partial charge >= 0.3 is 0 Å². The van der Waals surface area contributed by atoms with Crippen LogP contribution in [-0.2, 0) is 19.5 Å². The highest BCUT2D eigenvalue weighted by Gasteiger charge is 2.48. The lowest BCUT2D eigenvalue weighted by molar-refractivity contribution is -0.0414. The summed E-state index contributed by atoms with van der Waals surface area (Å²) in [6.07, 6.45) is 2.01. The van der Waals surface area contributed by atoms with Gasteiger partial charge in [0.05, 0.1) is 32.5 Å². The van der Waals surface area contributed by atoms with Gasteiger partial charge in [-0.25, -0.2) is 8.42 Å². The number of ether oxygens (including phenoxy) is 2. The number of nitrogens with zero attached hydrogens (tertiary/aromatic N) is 1. The Balaban J connectivity index is 1.80. The number of hydrogen-bond acceptors (Lipinski definition) is 4. The molecule has 1 aliphatic carbocycles. The van der Waals surface area contributed by atoms with E-state index in [0.29, 0.717) is 26.4 Å². The molecule has 0 radical (unpaired) electrons. The van der Waals surface area contributed by atoms with E-state index in [0.717, 1.165) is 12.8 Å². The van der Waals surface area contributed by atoms with Crippen molar-refractivity contribution in [3.05, 3.63) is 0 Å². The third-order valence-electron chi connectivity index (χ3n) is 3.21. The van der Waals surface area contributed by atoms with Crippen LogP contribution in [0.2, 0.25) is 0 Å². The summed E-state index contributed by atoms with van der Waals surface area (Å²) in [6, 6.07) is 0.326. The summed E-state index contributed by atoms with van der Waals surface area (Å²) in [6.45, 7) is 1.84. The molecule has 2 aliphatic heterocycles. The van der Waals surface area contributed by atoms with Gasteiger partial charge < -0.3 is 9.47 Å². The molecule has 0 aromatic heterocycles. The first-order valence-electron chi connectivity index (χ1n) is 5.37. The molecule has 0 amide bonds. The first-order chi connectivity index (χ1) is 7.19. The fourth-order valence-electron chi connectivity index (χ4n) is 1.97. The molecule has 3 fully saturated rings. The van der Waals surface area contributed by atoms with Crippen LogP contribution in [0, 0.1) is 0 Å². The molecule has 3 rings (SSSR count). The fraction of sp³-hybridized carbons (Fsp3) is 1.00. The Morgan fingerprint density at radius 3 is 1.87 bits per heavy atom. The smallest absolute Gasteiger partial charge is 0.222 e. The Kier molecular flexibility index (Phi) is 2.28. The second-order valence-electron chi connectivity index (χ2n) is 4.46. The second kappa shape index (κ2) is 3.41. The predicted molar refractivity (Wildman–Crippen MR) is 53.0 cm³/mol. The van der Waals surface area contributed by atoms with Crippen molar-refractivity contribution in [1.29, 1.82) is 0 Å². The summed E-state index contributed by atoms with van der Waals surface area (Å²) in [5.74, 6) is 0. The predicted octanol–water partition coefficient (Wildman–Crippen LogP) is -0.422. The number of hydrogen-bond donors (Lipinski definition) is 0. The lowest BCUT2D eigenvalue weighted by Crippen LogP contribution is -2.58. The summed E-state index contributed by atoms with van der Waals surface area (Å²) in [5.41, 5.74) is 0. The zero-order valence-corrected chi connectivity index (χ0v) is 9.28. The molecule has 0 atom stereocenters. The van der Waals surface area contributed by atoms with E-state index < -0.39 is 10.0 Å². The van der Waals surface area contributed by atoms with Crippen LogP contribution in [-0.4, -0.2) is 56.5 Å². The first-order valence-corrected chi connectivity index (χ1v) is 6.88. The maximum atomic E-state index is 12.2.